The molecule has 23 heavy (non-hydrogen) atoms. The van der Waals surface area contributed by atoms with Gasteiger partial charge in [-0.15, -0.1) is 0 Å². The van der Waals surface area contributed by atoms with E-state index in [2.05, 4.69) is 21.9 Å². The second kappa shape index (κ2) is 6.83. The quantitative estimate of drug-likeness (QED) is 0.855. The van der Waals surface area contributed by atoms with Crippen LogP contribution in [0.15, 0.2) is 34.9 Å². The lowest BCUT2D eigenvalue weighted by molar-refractivity contribution is -0.118. The topological polar surface area (TPSA) is 76.4 Å². The summed E-state index contributed by atoms with van der Waals surface area (Å²) in [6.07, 6.45) is 1.61. The van der Waals surface area contributed by atoms with E-state index >= 15 is 0 Å². The van der Waals surface area contributed by atoms with Crippen LogP contribution in [0.1, 0.15) is 24.7 Å². The number of carbonyl (C=O) groups is 1. The Hall–Kier alpha value is -2.34. The predicted molar refractivity (Wildman–Crippen MR) is 86.5 cm³/mol. The summed E-state index contributed by atoms with van der Waals surface area (Å²) in [5, 5.41) is 9.81. The van der Waals surface area contributed by atoms with Crippen LogP contribution in [0.2, 0.25) is 0 Å². The lowest BCUT2D eigenvalue weighted by atomic mass is 10.1. The molecule has 2 atom stereocenters. The SMILES string of the molecule is CCC(NCC1Cc2ccccc2O1)C(=O)Nc1cc(C)on1. The van der Waals surface area contributed by atoms with Crippen LogP contribution in [-0.2, 0) is 11.2 Å². The molecule has 0 bridgehead atoms. The largest absolute Gasteiger partial charge is 0.488 e. The van der Waals surface area contributed by atoms with Gasteiger partial charge in [-0.2, -0.15) is 0 Å². The number of amides is 1. The third-order valence-electron chi connectivity index (χ3n) is 3.91. The van der Waals surface area contributed by atoms with Crippen molar-refractivity contribution in [3.8, 4) is 5.75 Å². The second-order valence-corrected chi connectivity index (χ2v) is 5.73. The molecule has 0 fully saturated rings. The summed E-state index contributed by atoms with van der Waals surface area (Å²) in [6, 6.07) is 9.44. The maximum absolute atomic E-state index is 12.3. The summed E-state index contributed by atoms with van der Waals surface area (Å²) in [5.41, 5.74) is 1.22. The predicted octanol–water partition coefficient (Wildman–Crippen LogP) is 2.29. The van der Waals surface area contributed by atoms with E-state index in [9.17, 15) is 4.79 Å². The van der Waals surface area contributed by atoms with Crippen LogP contribution in [0.5, 0.6) is 5.75 Å². The van der Waals surface area contributed by atoms with Crippen molar-refractivity contribution in [2.75, 3.05) is 11.9 Å². The number of aromatic nitrogens is 1. The number of para-hydroxylation sites is 1. The summed E-state index contributed by atoms with van der Waals surface area (Å²) in [7, 11) is 0. The minimum Gasteiger partial charge on any atom is -0.488 e. The first-order chi connectivity index (χ1) is 11.2. The molecular formula is C17H21N3O3. The van der Waals surface area contributed by atoms with Gasteiger partial charge in [-0.1, -0.05) is 30.3 Å². The fourth-order valence-electron chi connectivity index (χ4n) is 2.70. The Morgan fingerprint density at radius 2 is 2.26 bits per heavy atom. The van der Waals surface area contributed by atoms with E-state index in [-0.39, 0.29) is 18.1 Å². The minimum atomic E-state index is -0.292. The molecule has 122 valence electrons. The molecule has 0 saturated carbocycles. The number of nitrogens with one attached hydrogen (secondary N) is 2. The summed E-state index contributed by atoms with van der Waals surface area (Å²) in [6.45, 7) is 4.38. The Kier molecular flexibility index (Phi) is 4.62. The summed E-state index contributed by atoms with van der Waals surface area (Å²) >= 11 is 0. The highest BCUT2D eigenvalue weighted by Crippen LogP contribution is 2.27. The molecule has 0 aliphatic carbocycles. The van der Waals surface area contributed by atoms with E-state index in [1.54, 1.807) is 13.0 Å². The van der Waals surface area contributed by atoms with Crippen LogP contribution in [0, 0.1) is 6.92 Å². The average molecular weight is 315 g/mol. The number of rotatable bonds is 6. The molecule has 0 spiro atoms. The molecule has 2 heterocycles. The van der Waals surface area contributed by atoms with Gasteiger partial charge in [0.25, 0.3) is 0 Å². The van der Waals surface area contributed by atoms with E-state index in [0.29, 0.717) is 24.5 Å². The highest BCUT2D eigenvalue weighted by molar-refractivity contribution is 5.93. The highest BCUT2D eigenvalue weighted by Gasteiger charge is 2.24. The minimum absolute atomic E-state index is 0.0588. The molecule has 3 rings (SSSR count). The van der Waals surface area contributed by atoms with Gasteiger partial charge in [-0.05, 0) is 25.0 Å². The third-order valence-corrected chi connectivity index (χ3v) is 3.91. The zero-order chi connectivity index (χ0) is 16.2. The number of aryl methyl sites for hydroxylation is 1. The van der Waals surface area contributed by atoms with E-state index < -0.39 is 0 Å². The monoisotopic (exact) mass is 315 g/mol. The highest BCUT2D eigenvalue weighted by atomic mass is 16.5. The Morgan fingerprint density at radius 3 is 2.96 bits per heavy atom. The smallest absolute Gasteiger partial charge is 0.242 e. The maximum Gasteiger partial charge on any atom is 0.242 e. The molecule has 1 aliphatic heterocycles. The van der Waals surface area contributed by atoms with Crippen molar-refractivity contribution in [2.24, 2.45) is 0 Å². The van der Waals surface area contributed by atoms with Crippen molar-refractivity contribution in [3.05, 3.63) is 41.7 Å². The van der Waals surface area contributed by atoms with Crippen molar-refractivity contribution in [2.45, 2.75) is 38.8 Å². The van der Waals surface area contributed by atoms with E-state index in [1.807, 2.05) is 25.1 Å². The molecule has 6 nitrogen and oxygen atoms in total. The summed E-state index contributed by atoms with van der Waals surface area (Å²) < 4.78 is 10.8. The van der Waals surface area contributed by atoms with Crippen molar-refractivity contribution in [3.63, 3.8) is 0 Å². The third kappa shape index (κ3) is 3.71. The number of carbonyl (C=O) groups excluding carboxylic acids is 1. The van der Waals surface area contributed by atoms with Gasteiger partial charge < -0.3 is 19.9 Å². The first kappa shape index (κ1) is 15.6. The van der Waals surface area contributed by atoms with Crippen molar-refractivity contribution in [1.29, 1.82) is 0 Å². The average Bonchev–Trinajstić information content (AvgIpc) is 3.13. The first-order valence-electron chi connectivity index (χ1n) is 7.88. The zero-order valence-corrected chi connectivity index (χ0v) is 13.3. The van der Waals surface area contributed by atoms with Gasteiger partial charge in [0.05, 0.1) is 6.04 Å². The Labute approximate surface area is 135 Å². The Balaban J connectivity index is 1.51. The van der Waals surface area contributed by atoms with E-state index in [4.69, 9.17) is 9.26 Å². The maximum atomic E-state index is 12.3. The molecule has 6 heteroatoms. The number of ether oxygens (including phenoxy) is 1. The van der Waals surface area contributed by atoms with Crippen LogP contribution in [0.3, 0.4) is 0 Å². The second-order valence-electron chi connectivity index (χ2n) is 5.73. The van der Waals surface area contributed by atoms with E-state index in [0.717, 1.165) is 12.2 Å². The number of benzene rings is 1. The van der Waals surface area contributed by atoms with E-state index in [1.165, 1.54) is 5.56 Å². The molecule has 2 N–H and O–H groups in total. The summed E-state index contributed by atoms with van der Waals surface area (Å²) in [4.78, 5) is 12.3. The van der Waals surface area contributed by atoms with Gasteiger partial charge in [0.15, 0.2) is 5.82 Å². The first-order valence-corrected chi connectivity index (χ1v) is 7.88. The van der Waals surface area contributed by atoms with Crippen LogP contribution in [0.4, 0.5) is 5.82 Å². The van der Waals surface area contributed by atoms with Crippen LogP contribution in [0.25, 0.3) is 0 Å². The Morgan fingerprint density at radius 1 is 1.43 bits per heavy atom. The molecule has 1 aromatic heterocycles. The molecule has 0 saturated heterocycles. The number of anilines is 1. The van der Waals surface area contributed by atoms with Gasteiger partial charge >= 0.3 is 0 Å². The molecule has 2 unspecified atom stereocenters. The molecule has 1 aliphatic rings. The van der Waals surface area contributed by atoms with Gasteiger partial charge in [-0.3, -0.25) is 4.79 Å². The number of nitrogens with zero attached hydrogens (tertiary/aromatic N) is 1. The van der Waals surface area contributed by atoms with Crippen LogP contribution < -0.4 is 15.4 Å². The number of hydrogen-bond acceptors (Lipinski definition) is 5. The van der Waals surface area contributed by atoms with Gasteiger partial charge in [-0.25, -0.2) is 0 Å². The van der Waals surface area contributed by atoms with Crippen molar-refractivity contribution >= 4 is 11.7 Å². The number of hydrogen-bond donors (Lipinski definition) is 2. The molecule has 1 aromatic carbocycles. The van der Waals surface area contributed by atoms with Crippen molar-refractivity contribution < 1.29 is 14.1 Å². The van der Waals surface area contributed by atoms with Crippen LogP contribution >= 0.6 is 0 Å². The Bertz CT molecular complexity index is 658. The lowest BCUT2D eigenvalue weighted by Gasteiger charge is -2.18. The fourth-order valence-corrected chi connectivity index (χ4v) is 2.70. The molecular weight excluding hydrogens is 294 g/mol. The molecule has 2 aromatic rings. The van der Waals surface area contributed by atoms with Gasteiger partial charge in [0.2, 0.25) is 5.91 Å². The number of fused-ring (bicyclic) bond motifs is 1. The van der Waals surface area contributed by atoms with Gasteiger partial charge in [0, 0.05) is 19.0 Å². The normalized spacial score (nSPS) is 17.4. The fraction of sp³-hybridized carbons (Fsp3) is 0.412. The van der Waals surface area contributed by atoms with Crippen molar-refractivity contribution in [1.82, 2.24) is 10.5 Å². The lowest BCUT2D eigenvalue weighted by Crippen LogP contribution is -2.44. The zero-order valence-electron chi connectivity index (χ0n) is 13.3. The molecule has 1 amide bonds. The van der Waals surface area contributed by atoms with Crippen LogP contribution in [-0.4, -0.2) is 29.8 Å². The summed E-state index contributed by atoms with van der Waals surface area (Å²) in [5.74, 6) is 1.93. The molecule has 0 radical (unpaired) electrons. The van der Waals surface area contributed by atoms with Gasteiger partial charge in [0.1, 0.15) is 17.6 Å². The standard InChI is InChI=1S/C17H21N3O3/c1-3-14(17(21)19-16-8-11(2)23-20-16)18-10-13-9-12-6-4-5-7-15(12)22-13/h4-8,13-14,18H,3,9-10H2,1-2H3,(H,19,20,21).